The second-order valence-electron chi connectivity index (χ2n) is 7.72. The maximum atomic E-state index is 12.6. The third-order valence-electron chi connectivity index (χ3n) is 5.58. The second-order valence-corrected chi connectivity index (χ2v) is 9.23. The topological polar surface area (TPSA) is 89.9 Å². The Kier molecular flexibility index (Phi) is 7.04. The second kappa shape index (κ2) is 9.99. The first-order valence-electron chi connectivity index (χ1n) is 10.7. The quantitative estimate of drug-likeness (QED) is 0.492. The van der Waals surface area contributed by atoms with Gasteiger partial charge in [-0.3, -0.25) is 15.0 Å². The molecule has 10 heteroatoms. The van der Waals surface area contributed by atoms with E-state index in [0.29, 0.717) is 21.7 Å². The van der Waals surface area contributed by atoms with Gasteiger partial charge in [0.15, 0.2) is 6.61 Å². The molecule has 1 N–H and O–H groups in total. The van der Waals surface area contributed by atoms with Crippen molar-refractivity contribution in [3.8, 4) is 5.75 Å². The summed E-state index contributed by atoms with van der Waals surface area (Å²) in [4.78, 5) is 37.4. The number of hydrogen-bond acceptors (Lipinski definition) is 6. The molecule has 0 radical (unpaired) electrons. The molecule has 8 nitrogen and oxygen atoms in total. The van der Waals surface area contributed by atoms with Crippen molar-refractivity contribution >= 4 is 52.0 Å². The summed E-state index contributed by atoms with van der Waals surface area (Å²) in [6, 6.07) is 12.4. The number of aryl methyl sites for hydroxylation is 1. The summed E-state index contributed by atoms with van der Waals surface area (Å²) >= 11 is 7.37. The molecule has 178 valence electrons. The Labute approximate surface area is 206 Å². The first kappa shape index (κ1) is 24.0. The summed E-state index contributed by atoms with van der Waals surface area (Å²) in [7, 11) is 1.87. The number of hydrazine groups is 1. The Morgan fingerprint density at radius 1 is 1.21 bits per heavy atom. The SMILES string of the molecule is CCOC(=O)c1c(C)n(C)c2ccc(OCC(=O)NN3C(=O)CS[C@H]3c3ccc(Cl)cc3)cc12. The molecular weight excluding hydrogens is 478 g/mol. The minimum absolute atomic E-state index is 0.196. The number of benzene rings is 2. The van der Waals surface area contributed by atoms with Gasteiger partial charge in [0.05, 0.1) is 17.9 Å². The molecule has 0 bridgehead atoms. The maximum Gasteiger partial charge on any atom is 0.340 e. The van der Waals surface area contributed by atoms with Crippen LogP contribution in [-0.2, 0) is 21.4 Å². The lowest BCUT2D eigenvalue weighted by atomic mass is 10.1. The molecule has 4 rings (SSSR count). The number of aromatic nitrogens is 1. The number of rotatable bonds is 7. The number of halogens is 1. The number of hydrogen-bond donors (Lipinski definition) is 1. The van der Waals surface area contributed by atoms with E-state index in [1.165, 1.54) is 16.8 Å². The monoisotopic (exact) mass is 501 g/mol. The predicted molar refractivity (Wildman–Crippen MR) is 131 cm³/mol. The third-order valence-corrected chi connectivity index (χ3v) is 7.05. The third kappa shape index (κ3) is 4.71. The fraction of sp³-hybridized carbons (Fsp3) is 0.292. The lowest BCUT2D eigenvalue weighted by Gasteiger charge is -2.24. The molecule has 2 heterocycles. The zero-order valence-corrected chi connectivity index (χ0v) is 20.5. The number of carbonyl (C=O) groups excluding carboxylic acids is 3. The molecule has 1 aromatic heterocycles. The summed E-state index contributed by atoms with van der Waals surface area (Å²) < 4.78 is 12.8. The maximum absolute atomic E-state index is 12.6. The number of nitrogens with one attached hydrogen (secondary N) is 1. The highest BCUT2D eigenvalue weighted by atomic mass is 35.5. The zero-order chi connectivity index (χ0) is 24.4. The summed E-state index contributed by atoms with van der Waals surface area (Å²) in [5, 5.41) is 2.26. The Hall–Kier alpha value is -3.17. The smallest absolute Gasteiger partial charge is 0.340 e. The first-order valence-corrected chi connectivity index (χ1v) is 12.1. The predicted octanol–water partition coefficient (Wildman–Crippen LogP) is 4.00. The zero-order valence-electron chi connectivity index (χ0n) is 19.0. The molecule has 1 atom stereocenters. The number of thioether (sulfide) groups is 1. The molecule has 2 aromatic carbocycles. The van der Waals surface area contributed by atoms with Crippen LogP contribution in [0.1, 0.15) is 33.9 Å². The van der Waals surface area contributed by atoms with Gasteiger partial charge in [0.1, 0.15) is 11.1 Å². The van der Waals surface area contributed by atoms with Crippen molar-refractivity contribution < 1.29 is 23.9 Å². The summed E-state index contributed by atoms with van der Waals surface area (Å²) in [6.07, 6.45) is 0. The van der Waals surface area contributed by atoms with Gasteiger partial charge in [0.25, 0.3) is 11.8 Å². The Balaban J connectivity index is 1.46. The summed E-state index contributed by atoms with van der Waals surface area (Å²) in [6.45, 7) is 3.58. The molecule has 2 amide bonds. The number of esters is 1. The lowest BCUT2D eigenvalue weighted by molar-refractivity contribution is -0.140. The van der Waals surface area contributed by atoms with Gasteiger partial charge in [-0.2, -0.15) is 0 Å². The van der Waals surface area contributed by atoms with Gasteiger partial charge in [-0.15, -0.1) is 11.8 Å². The summed E-state index contributed by atoms with van der Waals surface area (Å²) in [5.41, 5.74) is 5.61. The van der Waals surface area contributed by atoms with Crippen molar-refractivity contribution in [3.63, 3.8) is 0 Å². The van der Waals surface area contributed by atoms with Crippen LogP contribution in [0.3, 0.4) is 0 Å². The summed E-state index contributed by atoms with van der Waals surface area (Å²) in [5.74, 6) is -0.382. The minimum atomic E-state index is -0.468. The molecule has 0 aliphatic carbocycles. The fourth-order valence-corrected chi connectivity index (χ4v) is 5.07. The Bertz CT molecular complexity index is 1260. The molecule has 1 aliphatic heterocycles. The van der Waals surface area contributed by atoms with Gasteiger partial charge < -0.3 is 14.0 Å². The number of nitrogens with zero attached hydrogens (tertiary/aromatic N) is 2. The first-order chi connectivity index (χ1) is 16.3. The van der Waals surface area contributed by atoms with E-state index in [0.717, 1.165) is 16.8 Å². The van der Waals surface area contributed by atoms with Gasteiger partial charge in [-0.25, -0.2) is 9.80 Å². The van der Waals surface area contributed by atoms with Crippen LogP contribution in [-0.4, -0.2) is 46.3 Å². The van der Waals surface area contributed by atoms with Gasteiger partial charge >= 0.3 is 5.97 Å². The van der Waals surface area contributed by atoms with Crippen LogP contribution >= 0.6 is 23.4 Å². The average molecular weight is 502 g/mol. The van der Waals surface area contributed by atoms with Gasteiger partial charge in [0, 0.05) is 28.7 Å². The van der Waals surface area contributed by atoms with Crippen molar-refractivity contribution in [2.45, 2.75) is 19.2 Å². The number of ether oxygens (including phenoxy) is 2. The fourth-order valence-electron chi connectivity index (χ4n) is 3.84. The highest BCUT2D eigenvalue weighted by Crippen LogP contribution is 2.37. The normalized spacial score (nSPS) is 15.6. The van der Waals surface area contributed by atoms with Crippen LogP contribution < -0.4 is 10.2 Å². The minimum Gasteiger partial charge on any atom is -0.484 e. The molecule has 0 unspecified atom stereocenters. The van der Waals surface area contributed by atoms with E-state index in [9.17, 15) is 14.4 Å². The number of amides is 2. The number of fused-ring (bicyclic) bond motifs is 1. The van der Waals surface area contributed by atoms with E-state index < -0.39 is 11.9 Å². The van der Waals surface area contributed by atoms with E-state index in [-0.39, 0.29) is 30.2 Å². The molecular formula is C24H24ClN3O5S. The van der Waals surface area contributed by atoms with Crippen molar-refractivity contribution in [1.29, 1.82) is 0 Å². The molecule has 0 spiro atoms. The number of carbonyl (C=O) groups is 3. The van der Waals surface area contributed by atoms with Crippen LogP contribution in [0.2, 0.25) is 5.02 Å². The highest BCUT2D eigenvalue weighted by molar-refractivity contribution is 8.00. The van der Waals surface area contributed by atoms with Crippen molar-refractivity contribution in [2.75, 3.05) is 19.0 Å². The van der Waals surface area contributed by atoms with E-state index in [4.69, 9.17) is 21.1 Å². The largest absolute Gasteiger partial charge is 0.484 e. The average Bonchev–Trinajstić information content (AvgIpc) is 3.29. The van der Waals surface area contributed by atoms with Crippen molar-refractivity contribution in [2.24, 2.45) is 7.05 Å². The van der Waals surface area contributed by atoms with Crippen LogP contribution in [0.15, 0.2) is 42.5 Å². The molecule has 34 heavy (non-hydrogen) atoms. The van der Waals surface area contributed by atoms with Crippen molar-refractivity contribution in [3.05, 3.63) is 64.3 Å². The lowest BCUT2D eigenvalue weighted by Crippen LogP contribution is -2.46. The Morgan fingerprint density at radius 3 is 2.65 bits per heavy atom. The van der Waals surface area contributed by atoms with E-state index in [2.05, 4.69) is 5.43 Å². The van der Waals surface area contributed by atoms with Gasteiger partial charge in [0.2, 0.25) is 0 Å². The Morgan fingerprint density at radius 2 is 1.94 bits per heavy atom. The van der Waals surface area contributed by atoms with E-state index >= 15 is 0 Å². The standard InChI is InChI=1S/C24H24ClN3O5S/c1-4-32-24(31)22-14(2)27(3)19-10-9-17(11-18(19)22)33-12-20(29)26-28-21(30)13-34-23(28)15-5-7-16(25)8-6-15/h5-11,23H,4,12-13H2,1-3H3,(H,26,29)/t23-/m0/s1. The van der Waals surface area contributed by atoms with Gasteiger partial charge in [-0.1, -0.05) is 23.7 Å². The highest BCUT2D eigenvalue weighted by Gasteiger charge is 2.34. The molecule has 1 fully saturated rings. The van der Waals surface area contributed by atoms with Crippen LogP contribution in [0, 0.1) is 6.92 Å². The van der Waals surface area contributed by atoms with E-state index in [1.807, 2.05) is 36.7 Å². The molecule has 0 saturated carbocycles. The molecule has 1 saturated heterocycles. The van der Waals surface area contributed by atoms with Crippen LogP contribution in [0.25, 0.3) is 10.9 Å². The van der Waals surface area contributed by atoms with Crippen molar-refractivity contribution in [1.82, 2.24) is 15.0 Å². The van der Waals surface area contributed by atoms with E-state index in [1.54, 1.807) is 31.2 Å². The van der Waals surface area contributed by atoms with Crippen LogP contribution in [0.4, 0.5) is 0 Å². The molecule has 3 aromatic rings. The van der Waals surface area contributed by atoms with Crippen LogP contribution in [0.5, 0.6) is 5.75 Å². The van der Waals surface area contributed by atoms with Gasteiger partial charge in [-0.05, 0) is 49.7 Å². The molecule has 1 aliphatic rings.